The van der Waals surface area contributed by atoms with Gasteiger partial charge in [-0.1, -0.05) is 39.0 Å². The quantitative estimate of drug-likeness (QED) is 0.377. The minimum absolute atomic E-state index is 0.105. The predicted octanol–water partition coefficient (Wildman–Crippen LogP) is 6.58. The summed E-state index contributed by atoms with van der Waals surface area (Å²) in [6.07, 6.45) is 1.80. The van der Waals surface area contributed by atoms with Crippen LogP contribution in [0.15, 0.2) is 36.5 Å². The van der Waals surface area contributed by atoms with Crippen LogP contribution >= 0.6 is 0 Å². The highest BCUT2D eigenvalue weighted by Gasteiger charge is 2.30. The molecule has 0 saturated carbocycles. The Balaban J connectivity index is 2.01. The number of aromatic nitrogens is 2. The summed E-state index contributed by atoms with van der Waals surface area (Å²) in [4.78, 5) is 2.28. The van der Waals surface area contributed by atoms with E-state index in [-0.39, 0.29) is 5.41 Å². The molecule has 0 amide bonds. The Kier molecular flexibility index (Phi) is 4.18. The Morgan fingerprint density at radius 1 is 0.893 bits per heavy atom. The average molecular weight is 374 g/mol. The van der Waals surface area contributed by atoms with E-state index in [1.54, 1.807) is 6.20 Å². The zero-order valence-electron chi connectivity index (χ0n) is 17.7. The van der Waals surface area contributed by atoms with Crippen LogP contribution in [0.4, 0.5) is 17.1 Å². The lowest BCUT2D eigenvalue weighted by atomic mass is 9.84. The normalized spacial score (nSPS) is 13.0. The van der Waals surface area contributed by atoms with Crippen molar-refractivity contribution in [2.45, 2.75) is 53.9 Å². The molecule has 144 valence electrons. The summed E-state index contributed by atoms with van der Waals surface area (Å²) in [6, 6.07) is 10.9. The molecule has 1 aliphatic rings. The molecule has 0 unspecified atom stereocenters. The van der Waals surface area contributed by atoms with E-state index in [0.717, 1.165) is 28.6 Å². The summed E-state index contributed by atoms with van der Waals surface area (Å²) >= 11 is 0. The van der Waals surface area contributed by atoms with E-state index in [1.165, 1.54) is 27.9 Å². The third kappa shape index (κ3) is 2.93. The van der Waals surface area contributed by atoms with Gasteiger partial charge < -0.3 is 9.64 Å². The van der Waals surface area contributed by atoms with Crippen LogP contribution in [-0.4, -0.2) is 10.2 Å². The van der Waals surface area contributed by atoms with E-state index in [2.05, 4.69) is 80.9 Å². The number of hydrogen-bond donors (Lipinski definition) is 0. The molecule has 4 nitrogen and oxygen atoms in total. The molecule has 4 rings (SSSR count). The van der Waals surface area contributed by atoms with E-state index in [4.69, 9.17) is 4.74 Å². The summed E-state index contributed by atoms with van der Waals surface area (Å²) < 4.78 is 6.23. The molecule has 0 fully saturated rings. The highest BCUT2D eigenvalue weighted by Crippen LogP contribution is 2.52. The van der Waals surface area contributed by atoms with Gasteiger partial charge in [-0.15, -0.1) is 0 Å². The maximum atomic E-state index is 6.23. The van der Waals surface area contributed by atoms with Gasteiger partial charge in [0.15, 0.2) is 11.5 Å². The fourth-order valence-electron chi connectivity index (χ4n) is 3.86. The number of fused-ring (bicyclic) bond motifs is 2. The molecule has 2 heterocycles. The van der Waals surface area contributed by atoms with Gasteiger partial charge in [-0.2, -0.15) is 10.2 Å². The Hall–Kier alpha value is -2.88. The third-order valence-corrected chi connectivity index (χ3v) is 5.34. The van der Waals surface area contributed by atoms with Gasteiger partial charge in [-0.25, -0.2) is 0 Å². The van der Waals surface area contributed by atoms with Crippen LogP contribution in [0.25, 0.3) is 0 Å². The predicted molar refractivity (Wildman–Crippen MR) is 114 cm³/mol. The first-order valence-corrected chi connectivity index (χ1v) is 9.69. The van der Waals surface area contributed by atoms with Gasteiger partial charge >= 0.3 is 0 Å². The Morgan fingerprint density at radius 2 is 1.57 bits per heavy atom. The lowest BCUT2D eigenvalue weighted by Crippen LogP contribution is -2.20. The van der Waals surface area contributed by atoms with Crippen LogP contribution in [0.5, 0.6) is 11.5 Å². The molecule has 2 aromatic carbocycles. The maximum absolute atomic E-state index is 6.23. The molecule has 1 aromatic heterocycles. The minimum Gasteiger partial charge on any atom is -0.451 e. The van der Waals surface area contributed by atoms with Gasteiger partial charge in [0.2, 0.25) is 0 Å². The van der Waals surface area contributed by atoms with Gasteiger partial charge in [-0.05, 0) is 67.5 Å². The second kappa shape index (κ2) is 6.33. The van der Waals surface area contributed by atoms with Crippen LogP contribution in [0.2, 0.25) is 0 Å². The Bertz CT molecular complexity index is 1050. The highest BCUT2D eigenvalue weighted by atomic mass is 16.5. The van der Waals surface area contributed by atoms with Crippen LogP contribution in [0.1, 0.15) is 48.7 Å². The zero-order valence-corrected chi connectivity index (χ0v) is 17.7. The monoisotopic (exact) mass is 373 g/mol. The van der Waals surface area contributed by atoms with Crippen molar-refractivity contribution in [1.82, 2.24) is 10.2 Å². The number of anilines is 3. The van der Waals surface area contributed by atoms with Crippen molar-refractivity contribution in [3.63, 3.8) is 0 Å². The second-order valence-corrected chi connectivity index (χ2v) is 8.76. The summed E-state index contributed by atoms with van der Waals surface area (Å²) in [5.41, 5.74) is 9.04. The fraction of sp³-hybridized carbons (Fsp3) is 0.333. The highest BCUT2D eigenvalue weighted by molar-refractivity contribution is 5.88. The molecule has 0 aliphatic carbocycles. The molecule has 0 bridgehead atoms. The van der Waals surface area contributed by atoms with E-state index >= 15 is 0 Å². The van der Waals surface area contributed by atoms with Gasteiger partial charge in [-0.3, -0.25) is 0 Å². The van der Waals surface area contributed by atoms with E-state index in [0.29, 0.717) is 0 Å². The molecule has 28 heavy (non-hydrogen) atoms. The van der Waals surface area contributed by atoms with Crippen molar-refractivity contribution in [2.24, 2.45) is 0 Å². The van der Waals surface area contributed by atoms with Crippen molar-refractivity contribution in [2.75, 3.05) is 4.90 Å². The molecular formula is C24H27N3O. The zero-order chi connectivity index (χ0) is 20.2. The van der Waals surface area contributed by atoms with Crippen molar-refractivity contribution in [3.05, 3.63) is 64.5 Å². The van der Waals surface area contributed by atoms with E-state index < -0.39 is 0 Å². The third-order valence-electron chi connectivity index (χ3n) is 5.34. The molecule has 0 spiro atoms. The van der Waals surface area contributed by atoms with Crippen LogP contribution in [0.3, 0.4) is 0 Å². The lowest BCUT2D eigenvalue weighted by Gasteiger charge is -2.35. The fourth-order valence-corrected chi connectivity index (χ4v) is 3.86. The summed E-state index contributed by atoms with van der Waals surface area (Å²) in [7, 11) is 0. The van der Waals surface area contributed by atoms with Crippen molar-refractivity contribution >= 4 is 17.1 Å². The van der Waals surface area contributed by atoms with Gasteiger partial charge in [0.05, 0.1) is 17.6 Å². The molecule has 0 N–H and O–H groups in total. The lowest BCUT2D eigenvalue weighted by molar-refractivity contribution is 0.467. The van der Waals surface area contributed by atoms with Crippen molar-refractivity contribution in [3.8, 4) is 11.5 Å². The van der Waals surface area contributed by atoms with E-state index in [9.17, 15) is 0 Å². The van der Waals surface area contributed by atoms with Crippen LogP contribution in [-0.2, 0) is 5.41 Å². The summed E-state index contributed by atoms with van der Waals surface area (Å²) in [5, 5.41) is 8.41. The van der Waals surface area contributed by atoms with Crippen molar-refractivity contribution < 1.29 is 4.74 Å². The topological polar surface area (TPSA) is 38.2 Å². The molecule has 1 aliphatic heterocycles. The van der Waals surface area contributed by atoms with Crippen molar-refractivity contribution in [1.29, 1.82) is 0 Å². The largest absolute Gasteiger partial charge is 0.451 e. The minimum atomic E-state index is 0.105. The number of aryl methyl sites for hydroxylation is 4. The molecule has 4 heteroatoms. The second-order valence-electron chi connectivity index (χ2n) is 8.76. The van der Waals surface area contributed by atoms with Gasteiger partial charge in [0.1, 0.15) is 11.4 Å². The molecule has 3 aromatic rings. The summed E-state index contributed by atoms with van der Waals surface area (Å²) in [5.74, 6) is 1.61. The molecule has 0 radical (unpaired) electrons. The van der Waals surface area contributed by atoms with Gasteiger partial charge in [0, 0.05) is 0 Å². The SMILES string of the molecule is Cc1ccc2c(c1)N(c1c(C)cc(C(C)(C)C)cc1C)c1cnnc(C)c1O2. The number of ether oxygens (including phenoxy) is 1. The average Bonchev–Trinajstić information content (AvgIpc) is 2.60. The van der Waals surface area contributed by atoms with Crippen LogP contribution < -0.4 is 9.64 Å². The van der Waals surface area contributed by atoms with Crippen LogP contribution in [0, 0.1) is 27.7 Å². The first-order chi connectivity index (χ1) is 13.2. The first kappa shape index (κ1) is 18.5. The smallest absolute Gasteiger partial charge is 0.176 e. The molecule has 0 atom stereocenters. The molecular weight excluding hydrogens is 346 g/mol. The Morgan fingerprint density at radius 3 is 2.21 bits per heavy atom. The number of hydrogen-bond acceptors (Lipinski definition) is 4. The molecule has 0 saturated heterocycles. The summed E-state index contributed by atoms with van der Waals surface area (Å²) in [6.45, 7) is 15.2. The standard InChI is InChI=1S/C24H27N3O/c1-14-8-9-21-19(10-14)27(20-13-25-26-17(4)23(20)28-21)22-15(2)11-18(12-16(22)3)24(5,6)7/h8-13H,1-7H3. The number of nitrogens with zero attached hydrogens (tertiary/aromatic N) is 3. The van der Waals surface area contributed by atoms with E-state index in [1.807, 2.05) is 13.0 Å². The van der Waals surface area contributed by atoms with Gasteiger partial charge in [0.25, 0.3) is 0 Å². The Labute approximate surface area is 167 Å². The maximum Gasteiger partial charge on any atom is 0.176 e. The number of rotatable bonds is 1. The number of benzene rings is 2. The first-order valence-electron chi connectivity index (χ1n) is 9.69.